The highest BCUT2D eigenvalue weighted by Crippen LogP contribution is 2.43. The van der Waals surface area contributed by atoms with Crippen molar-refractivity contribution in [2.24, 2.45) is 0 Å². The second-order valence-corrected chi connectivity index (χ2v) is 8.93. The van der Waals surface area contributed by atoms with Crippen LogP contribution in [0.5, 0.6) is 0 Å². The van der Waals surface area contributed by atoms with E-state index in [0.29, 0.717) is 5.41 Å². The largest absolute Gasteiger partial charge is 0.0847 e. The lowest BCUT2D eigenvalue weighted by atomic mass is 9.79. The fraction of sp³-hybridized carbons (Fsp3) is 0.500. The quantitative estimate of drug-likeness (QED) is 0.519. The second-order valence-electron chi connectivity index (χ2n) is 8.93. The minimum absolute atomic E-state index is 0.181. The average molecular weight is 323 g/mol. The van der Waals surface area contributed by atoms with Crippen LogP contribution in [0.3, 0.4) is 0 Å². The summed E-state index contributed by atoms with van der Waals surface area (Å²) in [7, 11) is 0. The molecule has 24 heavy (non-hydrogen) atoms. The van der Waals surface area contributed by atoms with Gasteiger partial charge in [-0.2, -0.15) is 0 Å². The minimum atomic E-state index is 0.181. The first-order valence-corrected chi connectivity index (χ1v) is 9.22. The van der Waals surface area contributed by atoms with Gasteiger partial charge in [-0.05, 0) is 72.3 Å². The minimum Gasteiger partial charge on any atom is -0.0847 e. The summed E-state index contributed by atoms with van der Waals surface area (Å²) in [5.74, 6) is 0. The van der Waals surface area contributed by atoms with Gasteiger partial charge in [0.1, 0.15) is 0 Å². The molecule has 130 valence electrons. The maximum Gasteiger partial charge on any atom is -0.00973 e. The average Bonchev–Trinajstić information content (AvgIpc) is 2.80. The number of rotatable bonds is 3. The normalized spacial score (nSPS) is 18.3. The molecule has 0 fully saturated rings. The molecule has 0 aliphatic heterocycles. The van der Waals surface area contributed by atoms with E-state index in [9.17, 15) is 0 Å². The van der Waals surface area contributed by atoms with Crippen LogP contribution in [-0.2, 0) is 17.3 Å². The molecule has 0 radical (unpaired) electrons. The van der Waals surface area contributed by atoms with E-state index < -0.39 is 0 Å². The second kappa shape index (κ2) is 6.75. The van der Waals surface area contributed by atoms with Crippen LogP contribution >= 0.6 is 0 Å². The van der Waals surface area contributed by atoms with Crippen LogP contribution in [-0.4, -0.2) is 0 Å². The number of benzene rings is 1. The summed E-state index contributed by atoms with van der Waals surface area (Å²) in [4.78, 5) is 0. The van der Waals surface area contributed by atoms with E-state index in [1.807, 2.05) is 0 Å². The third kappa shape index (κ3) is 3.91. The van der Waals surface area contributed by atoms with E-state index in [2.05, 4.69) is 91.8 Å². The molecule has 1 aromatic carbocycles. The zero-order chi connectivity index (χ0) is 18.1. The highest BCUT2D eigenvalue weighted by molar-refractivity contribution is 5.71. The van der Waals surface area contributed by atoms with Crippen molar-refractivity contribution >= 4 is 5.57 Å². The summed E-state index contributed by atoms with van der Waals surface area (Å²) >= 11 is 0. The summed E-state index contributed by atoms with van der Waals surface area (Å²) in [5.41, 5.74) is 9.18. The van der Waals surface area contributed by atoms with Gasteiger partial charge in [0.15, 0.2) is 0 Å². The Morgan fingerprint density at radius 3 is 2.38 bits per heavy atom. The number of hydrogen-bond donors (Lipinski definition) is 0. The number of fused-ring (bicyclic) bond motifs is 1. The van der Waals surface area contributed by atoms with Crippen molar-refractivity contribution in [2.75, 3.05) is 0 Å². The molecule has 0 saturated heterocycles. The van der Waals surface area contributed by atoms with Gasteiger partial charge in [-0.15, -0.1) is 0 Å². The molecule has 0 heteroatoms. The smallest absolute Gasteiger partial charge is 0.00973 e. The molecule has 0 heterocycles. The molecule has 0 atom stereocenters. The fourth-order valence-corrected chi connectivity index (χ4v) is 3.43. The fourth-order valence-electron chi connectivity index (χ4n) is 3.43. The van der Waals surface area contributed by atoms with Crippen LogP contribution in [0.15, 0.2) is 42.0 Å². The van der Waals surface area contributed by atoms with E-state index in [4.69, 9.17) is 0 Å². The van der Waals surface area contributed by atoms with Crippen LogP contribution in [0.4, 0.5) is 0 Å². The maximum absolute atomic E-state index is 2.47. The van der Waals surface area contributed by atoms with Gasteiger partial charge in [-0.1, -0.05) is 76.6 Å². The van der Waals surface area contributed by atoms with E-state index in [1.54, 1.807) is 11.1 Å². The molecule has 0 bridgehead atoms. The van der Waals surface area contributed by atoms with Gasteiger partial charge in [0.05, 0.1) is 0 Å². The lowest BCUT2D eigenvalue weighted by Gasteiger charge is -2.26. The topological polar surface area (TPSA) is 0 Å². The predicted molar refractivity (Wildman–Crippen MR) is 109 cm³/mol. The molecule has 2 rings (SSSR count). The standard InChI is InChI=1S/C24H34/c1-9-17(2)11-10-12-18(3)21-15-19(23(4,5)6)16-22-20(21)13-14-24(22,7)8/h9-12,15-16H,13-14H2,1-8H3. The van der Waals surface area contributed by atoms with Crippen LogP contribution in [0.2, 0.25) is 0 Å². The number of hydrogen-bond acceptors (Lipinski definition) is 0. The summed E-state index contributed by atoms with van der Waals surface area (Å²) in [6, 6.07) is 4.90. The van der Waals surface area contributed by atoms with E-state index >= 15 is 0 Å². The molecule has 1 aromatic rings. The Kier molecular flexibility index (Phi) is 5.28. The van der Waals surface area contributed by atoms with E-state index in [-0.39, 0.29) is 5.41 Å². The van der Waals surface area contributed by atoms with Crippen molar-refractivity contribution in [3.63, 3.8) is 0 Å². The van der Waals surface area contributed by atoms with Gasteiger partial charge >= 0.3 is 0 Å². The molecule has 0 saturated carbocycles. The molecular formula is C24H34. The van der Waals surface area contributed by atoms with Crippen molar-refractivity contribution in [3.05, 3.63) is 64.3 Å². The highest BCUT2D eigenvalue weighted by Gasteiger charge is 2.33. The summed E-state index contributed by atoms with van der Waals surface area (Å²) in [6.07, 6.45) is 11.2. The molecule has 1 aliphatic carbocycles. The molecule has 0 nitrogen and oxygen atoms in total. The Bertz CT molecular complexity index is 700. The first-order valence-electron chi connectivity index (χ1n) is 9.22. The van der Waals surface area contributed by atoms with Crippen molar-refractivity contribution in [2.45, 2.75) is 79.1 Å². The van der Waals surface area contributed by atoms with Crippen molar-refractivity contribution in [1.82, 2.24) is 0 Å². The van der Waals surface area contributed by atoms with Crippen LogP contribution in [0.1, 0.15) is 84.1 Å². The third-order valence-electron chi connectivity index (χ3n) is 5.43. The molecule has 0 N–H and O–H groups in total. The first kappa shape index (κ1) is 18.8. The lowest BCUT2D eigenvalue weighted by Crippen LogP contribution is -2.17. The Balaban J connectivity index is 2.56. The van der Waals surface area contributed by atoms with Crippen LogP contribution < -0.4 is 0 Å². The first-order chi connectivity index (χ1) is 11.1. The summed E-state index contributed by atoms with van der Waals surface area (Å²) in [6.45, 7) is 18.2. The Labute approximate surface area is 149 Å². The predicted octanol–water partition coefficient (Wildman–Crippen LogP) is 7.13. The molecule has 0 unspecified atom stereocenters. The van der Waals surface area contributed by atoms with E-state index in [1.165, 1.54) is 35.1 Å². The van der Waals surface area contributed by atoms with Crippen molar-refractivity contribution in [3.8, 4) is 0 Å². The van der Waals surface area contributed by atoms with Gasteiger partial charge in [-0.3, -0.25) is 0 Å². The Morgan fingerprint density at radius 2 is 1.79 bits per heavy atom. The maximum atomic E-state index is 2.47. The van der Waals surface area contributed by atoms with Crippen LogP contribution in [0, 0.1) is 0 Å². The zero-order valence-electron chi connectivity index (χ0n) is 16.9. The monoisotopic (exact) mass is 322 g/mol. The third-order valence-corrected chi connectivity index (χ3v) is 5.43. The van der Waals surface area contributed by atoms with Gasteiger partial charge in [0.2, 0.25) is 0 Å². The number of allylic oxidation sites excluding steroid dienone is 6. The Hall–Kier alpha value is -1.56. The van der Waals surface area contributed by atoms with Gasteiger partial charge in [0, 0.05) is 0 Å². The van der Waals surface area contributed by atoms with Gasteiger partial charge in [-0.25, -0.2) is 0 Å². The van der Waals surface area contributed by atoms with Crippen molar-refractivity contribution in [1.29, 1.82) is 0 Å². The summed E-state index contributed by atoms with van der Waals surface area (Å²) < 4.78 is 0. The van der Waals surface area contributed by atoms with E-state index in [0.717, 1.165) is 0 Å². The van der Waals surface area contributed by atoms with Crippen LogP contribution in [0.25, 0.3) is 5.57 Å². The van der Waals surface area contributed by atoms with Gasteiger partial charge < -0.3 is 0 Å². The zero-order valence-corrected chi connectivity index (χ0v) is 16.9. The summed E-state index contributed by atoms with van der Waals surface area (Å²) in [5, 5.41) is 0. The van der Waals surface area contributed by atoms with Crippen molar-refractivity contribution < 1.29 is 0 Å². The van der Waals surface area contributed by atoms with Gasteiger partial charge in [0.25, 0.3) is 0 Å². The highest BCUT2D eigenvalue weighted by atomic mass is 14.4. The molecule has 0 aromatic heterocycles. The molecule has 0 amide bonds. The molecule has 0 spiro atoms. The lowest BCUT2D eigenvalue weighted by molar-refractivity contribution is 0.519. The Morgan fingerprint density at radius 1 is 1.12 bits per heavy atom. The molecule has 1 aliphatic rings. The SMILES string of the molecule is CC=C(C)C=CC=C(C)c1cc(C(C)(C)C)cc2c1CCC2(C)C. The molecular weight excluding hydrogens is 288 g/mol.